The lowest BCUT2D eigenvalue weighted by atomic mass is 10.1. The van der Waals surface area contributed by atoms with Crippen LogP contribution in [0.2, 0.25) is 0 Å². The monoisotopic (exact) mass is 511 g/mol. The maximum absolute atomic E-state index is 11.6. The number of allylic oxidation sites excluding steroid dienone is 1. The summed E-state index contributed by atoms with van der Waals surface area (Å²) in [4.78, 5) is 35.8. The smallest absolute Gasteiger partial charge is 0.354 e. The molecule has 36 heavy (non-hydrogen) atoms. The molecule has 0 aliphatic heterocycles. The van der Waals surface area contributed by atoms with Crippen molar-refractivity contribution in [2.45, 2.75) is 119 Å². The van der Waals surface area contributed by atoms with Gasteiger partial charge in [0.1, 0.15) is 11.5 Å². The third-order valence-electron chi connectivity index (χ3n) is 4.88. The number of nitrogens with one attached hydrogen (secondary N) is 1. The molecule has 210 valence electrons. The number of hydrogen-bond acceptors (Lipinski definition) is 7. The minimum atomic E-state index is -0.448. The van der Waals surface area contributed by atoms with E-state index >= 15 is 0 Å². The molecule has 0 fully saturated rings. The van der Waals surface area contributed by atoms with Gasteiger partial charge in [0, 0.05) is 12.6 Å². The molecule has 0 aromatic carbocycles. The second-order valence-electron chi connectivity index (χ2n) is 8.23. The number of nitrogens with zero attached hydrogens (tertiary/aromatic N) is 1. The van der Waals surface area contributed by atoms with Gasteiger partial charge in [-0.05, 0) is 58.9 Å². The molecule has 0 atom stereocenters. The number of unbranched alkanes of at least 4 members (excludes halogenated alkanes) is 8. The Labute approximate surface area is 219 Å². The molecule has 0 aliphatic rings. The van der Waals surface area contributed by atoms with Crippen molar-refractivity contribution in [3.63, 3.8) is 0 Å². The lowest BCUT2D eigenvalue weighted by Crippen LogP contribution is -2.22. The molecule has 1 N–H and O–H groups in total. The molecule has 0 radical (unpaired) electrons. The highest BCUT2D eigenvalue weighted by Gasteiger charge is 2.13. The van der Waals surface area contributed by atoms with Gasteiger partial charge < -0.3 is 24.7 Å². The molecule has 0 aromatic heterocycles. The van der Waals surface area contributed by atoms with Crippen LogP contribution in [0.3, 0.4) is 0 Å². The van der Waals surface area contributed by atoms with E-state index < -0.39 is 11.9 Å². The first-order chi connectivity index (χ1) is 17.2. The average molecular weight is 512 g/mol. The standard InChI is InChI=1S/C14H25NO3.C9H18O.C5H9NO2/c1-4-6-7-8-9-10-12(3)13(15-11-16)14(17)18-5-2;1-3-4-5-6-7-8-9(2)10;1-3-8-5(7)4-6-2/h11H,4-10H2,1-3H3,(H,15,16);3-8H2,1-2H3;4,7H,2-3H2,1H3/p-1/b13-12+;;. The van der Waals surface area contributed by atoms with Gasteiger partial charge >= 0.3 is 5.97 Å². The van der Waals surface area contributed by atoms with Crippen LogP contribution in [-0.4, -0.2) is 38.1 Å². The van der Waals surface area contributed by atoms with E-state index in [9.17, 15) is 19.5 Å². The number of esters is 1. The van der Waals surface area contributed by atoms with Crippen LogP contribution in [0.1, 0.15) is 119 Å². The summed E-state index contributed by atoms with van der Waals surface area (Å²) in [6.07, 6.45) is 15.2. The van der Waals surface area contributed by atoms with Crippen molar-refractivity contribution in [3.8, 4) is 0 Å². The molecular formula is C28H51N2O6-. The van der Waals surface area contributed by atoms with Crippen LogP contribution in [-0.2, 0) is 23.9 Å². The highest BCUT2D eigenvalue weighted by Crippen LogP contribution is 2.14. The molecule has 0 rings (SSSR count). The molecular weight excluding hydrogens is 460 g/mol. The number of ether oxygens (including phenoxy) is 2. The minimum absolute atomic E-state index is 0.294. The van der Waals surface area contributed by atoms with Crippen molar-refractivity contribution in [3.05, 3.63) is 23.4 Å². The Balaban J connectivity index is -0.000000508. The van der Waals surface area contributed by atoms with Crippen molar-refractivity contribution in [1.29, 1.82) is 0 Å². The minimum Gasteiger partial charge on any atom is -0.613 e. The first kappa shape index (κ1) is 37.9. The first-order valence-electron chi connectivity index (χ1n) is 13.3. The number of aliphatic imine (C=N–C) groups is 1. The molecule has 0 heterocycles. The third-order valence-corrected chi connectivity index (χ3v) is 4.88. The fourth-order valence-corrected chi connectivity index (χ4v) is 2.97. The molecule has 0 aromatic rings. The predicted molar refractivity (Wildman–Crippen MR) is 145 cm³/mol. The lowest BCUT2D eigenvalue weighted by molar-refractivity contribution is -0.356. The van der Waals surface area contributed by atoms with Crippen LogP contribution < -0.4 is 10.4 Å². The normalized spacial score (nSPS) is 11.0. The maximum atomic E-state index is 11.6. The van der Waals surface area contributed by atoms with E-state index in [1.54, 1.807) is 20.8 Å². The van der Waals surface area contributed by atoms with Crippen molar-refractivity contribution in [2.24, 2.45) is 4.99 Å². The van der Waals surface area contributed by atoms with E-state index in [2.05, 4.69) is 35.6 Å². The number of carbonyl (C=O) groups is 3. The average Bonchev–Trinajstić information content (AvgIpc) is 2.83. The summed E-state index contributed by atoms with van der Waals surface area (Å²) in [5.41, 5.74) is 1.18. The number of hydrogen-bond donors (Lipinski definition) is 1. The van der Waals surface area contributed by atoms with Crippen LogP contribution >= 0.6 is 0 Å². The maximum Gasteiger partial charge on any atom is 0.354 e. The van der Waals surface area contributed by atoms with E-state index in [0.717, 1.165) is 43.9 Å². The highest BCUT2D eigenvalue weighted by molar-refractivity contribution is 5.91. The van der Waals surface area contributed by atoms with E-state index in [-0.39, 0.29) is 0 Å². The van der Waals surface area contributed by atoms with E-state index in [1.807, 2.05) is 6.92 Å². The van der Waals surface area contributed by atoms with Crippen molar-refractivity contribution in [2.75, 3.05) is 13.2 Å². The summed E-state index contributed by atoms with van der Waals surface area (Å²) in [5.74, 6) is -0.561. The third kappa shape index (κ3) is 29.4. The zero-order chi connectivity index (χ0) is 28.0. The Hall–Kier alpha value is -2.64. The van der Waals surface area contributed by atoms with Gasteiger partial charge in [0.2, 0.25) is 6.41 Å². The summed E-state index contributed by atoms with van der Waals surface area (Å²) < 4.78 is 9.36. The molecule has 8 nitrogen and oxygen atoms in total. The van der Waals surface area contributed by atoms with E-state index in [0.29, 0.717) is 31.1 Å². The molecule has 0 bridgehead atoms. The van der Waals surface area contributed by atoms with Crippen LogP contribution in [0.4, 0.5) is 0 Å². The number of rotatable bonds is 19. The van der Waals surface area contributed by atoms with Gasteiger partial charge in [0.25, 0.3) is 0 Å². The SMILES string of the molecule is C=NC=C([O-])OCC.CCCCCCC/C(C)=C(/NC=O)C(=O)OCC.CCCCCCCC(C)=O. The Bertz CT molecular complexity index is 630. The Kier molecular flexibility index (Phi) is 32.0. The van der Waals surface area contributed by atoms with Crippen molar-refractivity contribution in [1.82, 2.24) is 5.32 Å². The van der Waals surface area contributed by atoms with Gasteiger partial charge in [0.05, 0.1) is 12.6 Å². The zero-order valence-corrected chi connectivity index (χ0v) is 23.7. The number of ketones is 1. The summed E-state index contributed by atoms with van der Waals surface area (Å²) in [5, 5.41) is 12.7. The molecule has 0 unspecified atom stereocenters. The predicted octanol–water partition coefficient (Wildman–Crippen LogP) is 5.75. The van der Waals surface area contributed by atoms with E-state index in [4.69, 9.17) is 4.74 Å². The van der Waals surface area contributed by atoms with Crippen LogP contribution in [0, 0.1) is 0 Å². The zero-order valence-electron chi connectivity index (χ0n) is 23.7. The Morgan fingerprint density at radius 1 is 0.833 bits per heavy atom. The summed E-state index contributed by atoms with van der Waals surface area (Å²) in [7, 11) is 0. The van der Waals surface area contributed by atoms with Gasteiger partial charge in [0.15, 0.2) is 0 Å². The van der Waals surface area contributed by atoms with Gasteiger partial charge in [-0.2, -0.15) is 0 Å². The topological polar surface area (TPSA) is 117 Å². The fraction of sp³-hybridized carbons (Fsp3) is 0.714. The number of amides is 1. The molecule has 0 aliphatic carbocycles. The van der Waals surface area contributed by atoms with Gasteiger partial charge in [-0.15, -0.1) is 0 Å². The largest absolute Gasteiger partial charge is 0.613 e. The first-order valence-corrected chi connectivity index (χ1v) is 13.3. The van der Waals surface area contributed by atoms with Gasteiger partial charge in [-0.1, -0.05) is 72.1 Å². The summed E-state index contributed by atoms with van der Waals surface area (Å²) in [6, 6.07) is 0. The Morgan fingerprint density at radius 2 is 1.33 bits per heavy atom. The molecule has 0 saturated heterocycles. The fourth-order valence-electron chi connectivity index (χ4n) is 2.97. The summed E-state index contributed by atoms with van der Waals surface area (Å²) in [6.45, 7) is 15.2. The van der Waals surface area contributed by atoms with Crippen LogP contribution in [0.5, 0.6) is 0 Å². The highest BCUT2D eigenvalue weighted by atomic mass is 16.6. The Morgan fingerprint density at radius 3 is 1.75 bits per heavy atom. The summed E-state index contributed by atoms with van der Waals surface area (Å²) >= 11 is 0. The lowest BCUT2D eigenvalue weighted by Gasteiger charge is -2.10. The molecule has 8 heteroatoms. The second kappa shape index (κ2) is 30.4. The molecule has 0 spiro atoms. The molecule has 0 saturated carbocycles. The van der Waals surface area contributed by atoms with Crippen LogP contribution in [0.25, 0.3) is 0 Å². The second-order valence-corrected chi connectivity index (χ2v) is 8.23. The van der Waals surface area contributed by atoms with Crippen molar-refractivity contribution >= 4 is 24.9 Å². The number of Topliss-reactive ketones (excluding diaryl/α,β-unsaturated/α-hetero) is 1. The molecule has 1 amide bonds. The van der Waals surface area contributed by atoms with E-state index in [1.165, 1.54) is 44.9 Å². The van der Waals surface area contributed by atoms with Crippen molar-refractivity contribution < 1.29 is 29.0 Å². The van der Waals surface area contributed by atoms with Gasteiger partial charge in [-0.25, -0.2) is 4.79 Å². The quantitative estimate of drug-likeness (QED) is 0.0589. The van der Waals surface area contributed by atoms with Gasteiger partial charge in [-0.3, -0.25) is 9.79 Å². The van der Waals surface area contributed by atoms with Crippen LogP contribution in [0.15, 0.2) is 28.4 Å². The number of carbonyl (C=O) groups excluding carboxylic acids is 3.